The predicted molar refractivity (Wildman–Crippen MR) is 81.7 cm³/mol. The third kappa shape index (κ3) is 2.33. The van der Waals surface area contributed by atoms with Gasteiger partial charge in [-0.15, -0.1) is 12.4 Å². The maximum absolute atomic E-state index is 10.3. The molecular formula is C16H22ClNO. The molecule has 0 heterocycles. The van der Waals surface area contributed by atoms with Gasteiger partial charge < -0.3 is 10.4 Å². The number of hydrogen-bond acceptors (Lipinski definition) is 2. The van der Waals surface area contributed by atoms with E-state index in [1.54, 1.807) is 0 Å². The Labute approximate surface area is 121 Å². The summed E-state index contributed by atoms with van der Waals surface area (Å²) in [6.45, 7) is 0.621. The van der Waals surface area contributed by atoms with Crippen LogP contribution in [0, 0.1) is 0 Å². The van der Waals surface area contributed by atoms with E-state index in [4.69, 9.17) is 0 Å². The Morgan fingerprint density at radius 1 is 1.26 bits per heavy atom. The van der Waals surface area contributed by atoms with Crippen LogP contribution in [0.3, 0.4) is 0 Å². The average molecular weight is 280 g/mol. The van der Waals surface area contributed by atoms with Gasteiger partial charge in [0.2, 0.25) is 0 Å². The summed E-state index contributed by atoms with van der Waals surface area (Å²) in [5.41, 5.74) is 4.05. The molecule has 19 heavy (non-hydrogen) atoms. The summed E-state index contributed by atoms with van der Waals surface area (Å²) >= 11 is 0. The maximum Gasteiger partial charge on any atom is 0.0917 e. The molecule has 3 rings (SSSR count). The minimum atomic E-state index is -0.392. The third-order valence-corrected chi connectivity index (χ3v) is 4.46. The summed E-state index contributed by atoms with van der Waals surface area (Å²) in [5, 5.41) is 13.4. The lowest BCUT2D eigenvalue weighted by Crippen LogP contribution is -2.24. The van der Waals surface area contributed by atoms with Crippen LogP contribution in [-0.4, -0.2) is 24.8 Å². The van der Waals surface area contributed by atoms with Gasteiger partial charge in [0.1, 0.15) is 0 Å². The number of likely N-dealkylation sites (N-methyl/N-ethyl adjacent to an activating group) is 1. The van der Waals surface area contributed by atoms with E-state index in [2.05, 4.69) is 35.7 Å². The molecule has 1 spiro atoms. The van der Waals surface area contributed by atoms with Crippen LogP contribution in [0.1, 0.15) is 36.8 Å². The van der Waals surface area contributed by atoms with E-state index in [-0.39, 0.29) is 17.8 Å². The molecule has 2 aliphatic rings. The highest BCUT2D eigenvalue weighted by Gasteiger charge is 2.41. The van der Waals surface area contributed by atoms with E-state index < -0.39 is 6.10 Å². The zero-order valence-corrected chi connectivity index (χ0v) is 12.2. The molecule has 104 valence electrons. The smallest absolute Gasteiger partial charge is 0.0917 e. The highest BCUT2D eigenvalue weighted by atomic mass is 35.5. The first kappa shape index (κ1) is 14.6. The fourth-order valence-electron chi connectivity index (χ4n) is 3.62. The number of aliphatic hydroxyl groups excluding tert-OH is 1. The lowest BCUT2D eigenvalue weighted by molar-refractivity contribution is 0.231. The summed E-state index contributed by atoms with van der Waals surface area (Å²) in [4.78, 5) is 0. The molecular weight excluding hydrogens is 258 g/mol. The van der Waals surface area contributed by atoms with Gasteiger partial charge in [0.05, 0.1) is 6.10 Å². The van der Waals surface area contributed by atoms with E-state index in [0.29, 0.717) is 6.54 Å². The van der Waals surface area contributed by atoms with E-state index in [1.807, 2.05) is 7.05 Å². The predicted octanol–water partition coefficient (Wildman–Crippen LogP) is 2.90. The molecule has 2 nitrogen and oxygen atoms in total. The van der Waals surface area contributed by atoms with Crippen molar-refractivity contribution in [3.63, 3.8) is 0 Å². The molecule has 2 aliphatic carbocycles. The van der Waals surface area contributed by atoms with Crippen molar-refractivity contribution in [1.29, 1.82) is 0 Å². The monoisotopic (exact) mass is 279 g/mol. The molecule has 1 aromatic rings. The van der Waals surface area contributed by atoms with Crippen LogP contribution in [0.25, 0.3) is 5.57 Å². The van der Waals surface area contributed by atoms with Gasteiger partial charge in [-0.1, -0.05) is 43.2 Å². The molecule has 1 atom stereocenters. The zero-order valence-electron chi connectivity index (χ0n) is 11.4. The SMILES string of the molecule is CNCC(O)C1=CC2(CCCC2)c2ccccc21.Cl. The van der Waals surface area contributed by atoms with Crippen molar-refractivity contribution in [3.05, 3.63) is 41.5 Å². The Bertz CT molecular complexity index is 477. The van der Waals surface area contributed by atoms with Crippen LogP contribution in [0.5, 0.6) is 0 Å². The first-order valence-corrected chi connectivity index (χ1v) is 6.92. The average Bonchev–Trinajstić information content (AvgIpc) is 2.98. The zero-order chi connectivity index (χ0) is 12.6. The van der Waals surface area contributed by atoms with Gasteiger partial charge in [-0.2, -0.15) is 0 Å². The Morgan fingerprint density at radius 2 is 1.95 bits per heavy atom. The van der Waals surface area contributed by atoms with Crippen molar-refractivity contribution >= 4 is 18.0 Å². The van der Waals surface area contributed by atoms with Gasteiger partial charge in [-0.05, 0) is 36.6 Å². The standard InChI is InChI=1S/C16H21NO.ClH/c1-17-11-15(18)13-10-16(8-4-5-9-16)14-7-3-2-6-12(13)14;/h2-3,6-7,10,15,17-18H,4-5,8-9,11H2,1H3;1H. The van der Waals surface area contributed by atoms with Gasteiger partial charge in [-0.3, -0.25) is 0 Å². The molecule has 0 aliphatic heterocycles. The summed E-state index contributed by atoms with van der Waals surface area (Å²) < 4.78 is 0. The van der Waals surface area contributed by atoms with Crippen LogP contribution in [0.2, 0.25) is 0 Å². The van der Waals surface area contributed by atoms with Crippen molar-refractivity contribution in [2.24, 2.45) is 0 Å². The Kier molecular flexibility index (Phi) is 4.34. The number of halogens is 1. The number of aliphatic hydroxyl groups is 1. The van der Waals surface area contributed by atoms with E-state index in [1.165, 1.54) is 36.8 Å². The first-order chi connectivity index (χ1) is 8.77. The molecule has 0 amide bonds. The number of hydrogen-bond donors (Lipinski definition) is 2. The summed E-state index contributed by atoms with van der Waals surface area (Å²) in [6.07, 6.45) is 7.04. The van der Waals surface area contributed by atoms with E-state index >= 15 is 0 Å². The quantitative estimate of drug-likeness (QED) is 0.892. The van der Waals surface area contributed by atoms with E-state index in [0.717, 1.165) is 5.57 Å². The van der Waals surface area contributed by atoms with Gasteiger partial charge in [-0.25, -0.2) is 0 Å². The third-order valence-electron chi connectivity index (χ3n) is 4.46. The summed E-state index contributed by atoms with van der Waals surface area (Å²) in [5.74, 6) is 0. The Morgan fingerprint density at radius 3 is 2.63 bits per heavy atom. The van der Waals surface area contributed by atoms with Crippen molar-refractivity contribution in [2.45, 2.75) is 37.2 Å². The number of allylic oxidation sites excluding steroid dienone is 1. The second kappa shape index (κ2) is 5.66. The summed E-state index contributed by atoms with van der Waals surface area (Å²) in [6, 6.07) is 8.61. The largest absolute Gasteiger partial charge is 0.387 e. The molecule has 1 aromatic carbocycles. The molecule has 1 saturated carbocycles. The fourth-order valence-corrected chi connectivity index (χ4v) is 3.62. The topological polar surface area (TPSA) is 32.3 Å². The minimum absolute atomic E-state index is 0. The fraction of sp³-hybridized carbons (Fsp3) is 0.500. The van der Waals surface area contributed by atoms with Gasteiger partial charge in [0.25, 0.3) is 0 Å². The highest BCUT2D eigenvalue weighted by Crippen LogP contribution is 2.51. The number of fused-ring (bicyclic) bond motifs is 2. The summed E-state index contributed by atoms with van der Waals surface area (Å²) in [7, 11) is 1.88. The Balaban J connectivity index is 0.00000133. The highest BCUT2D eigenvalue weighted by molar-refractivity contribution is 5.85. The van der Waals surface area contributed by atoms with Crippen molar-refractivity contribution < 1.29 is 5.11 Å². The van der Waals surface area contributed by atoms with Crippen molar-refractivity contribution in [1.82, 2.24) is 5.32 Å². The van der Waals surface area contributed by atoms with Crippen LogP contribution in [0.15, 0.2) is 30.3 Å². The maximum atomic E-state index is 10.3. The van der Waals surface area contributed by atoms with E-state index in [9.17, 15) is 5.11 Å². The molecule has 3 heteroatoms. The first-order valence-electron chi connectivity index (χ1n) is 6.92. The van der Waals surface area contributed by atoms with Crippen LogP contribution in [0.4, 0.5) is 0 Å². The van der Waals surface area contributed by atoms with Gasteiger partial charge in [0, 0.05) is 12.0 Å². The van der Waals surface area contributed by atoms with Crippen LogP contribution < -0.4 is 5.32 Å². The molecule has 0 radical (unpaired) electrons. The molecule has 0 saturated heterocycles. The van der Waals surface area contributed by atoms with Crippen molar-refractivity contribution in [3.8, 4) is 0 Å². The van der Waals surface area contributed by atoms with Crippen LogP contribution >= 0.6 is 12.4 Å². The molecule has 1 unspecified atom stereocenters. The van der Waals surface area contributed by atoms with Crippen molar-refractivity contribution in [2.75, 3.05) is 13.6 Å². The normalized spacial score (nSPS) is 20.8. The number of benzene rings is 1. The lowest BCUT2D eigenvalue weighted by atomic mass is 9.81. The lowest BCUT2D eigenvalue weighted by Gasteiger charge is -2.22. The molecule has 1 fully saturated rings. The second-order valence-electron chi connectivity index (χ2n) is 5.58. The van der Waals surface area contributed by atoms with Gasteiger partial charge in [0.15, 0.2) is 0 Å². The Hall–Kier alpha value is -0.830. The molecule has 0 aromatic heterocycles. The second-order valence-corrected chi connectivity index (χ2v) is 5.58. The van der Waals surface area contributed by atoms with Crippen LogP contribution in [-0.2, 0) is 5.41 Å². The number of nitrogens with one attached hydrogen (secondary N) is 1. The van der Waals surface area contributed by atoms with Gasteiger partial charge >= 0.3 is 0 Å². The molecule has 2 N–H and O–H groups in total. The number of rotatable bonds is 3. The molecule has 0 bridgehead atoms. The minimum Gasteiger partial charge on any atom is -0.387 e.